The van der Waals surface area contributed by atoms with Crippen LogP contribution in [0.5, 0.6) is 0 Å². The third-order valence-corrected chi connectivity index (χ3v) is 2.51. The zero-order chi connectivity index (χ0) is 9.84. The van der Waals surface area contributed by atoms with Gasteiger partial charge in [-0.25, -0.2) is 0 Å². The number of piperidine rings is 1. The topological polar surface area (TPSA) is 41.1 Å². The molecule has 0 spiro atoms. The van der Waals surface area contributed by atoms with Crippen molar-refractivity contribution < 1.29 is 4.79 Å². The number of rotatable bonds is 3. The molecule has 1 fully saturated rings. The lowest BCUT2D eigenvalue weighted by Gasteiger charge is -2.31. The fraction of sp³-hybridized carbons (Fsp3) is 0.700. The van der Waals surface area contributed by atoms with Crippen molar-refractivity contribution in [2.24, 2.45) is 0 Å². The second kappa shape index (κ2) is 4.42. The average Bonchev–Trinajstić information content (AvgIpc) is 2.09. The van der Waals surface area contributed by atoms with Gasteiger partial charge in [-0.1, -0.05) is 6.08 Å². The van der Waals surface area contributed by atoms with Gasteiger partial charge >= 0.3 is 0 Å². The Morgan fingerprint density at radius 2 is 2.46 bits per heavy atom. The van der Waals surface area contributed by atoms with Crippen molar-refractivity contribution >= 4 is 5.91 Å². The van der Waals surface area contributed by atoms with Crippen molar-refractivity contribution in [3.8, 4) is 0 Å². The van der Waals surface area contributed by atoms with E-state index in [2.05, 4.69) is 24.1 Å². The molecule has 3 heteroatoms. The molecular weight excluding hydrogens is 164 g/mol. The number of hydrogen-bond acceptors (Lipinski definition) is 2. The van der Waals surface area contributed by atoms with E-state index in [-0.39, 0.29) is 11.9 Å². The van der Waals surface area contributed by atoms with E-state index < -0.39 is 0 Å². The number of amides is 1. The van der Waals surface area contributed by atoms with Crippen LogP contribution in [0.1, 0.15) is 26.7 Å². The van der Waals surface area contributed by atoms with E-state index in [1.54, 1.807) is 0 Å². The number of nitrogens with one attached hydrogen (secondary N) is 2. The quantitative estimate of drug-likeness (QED) is 0.634. The average molecular weight is 182 g/mol. The lowest BCUT2D eigenvalue weighted by molar-refractivity contribution is -0.123. The van der Waals surface area contributed by atoms with Crippen molar-refractivity contribution in [1.29, 1.82) is 0 Å². The lowest BCUT2D eigenvalue weighted by atomic mass is 9.98. The SMILES string of the molecule is C=CC(C)NC1CCC(=O)NC1C. The summed E-state index contributed by atoms with van der Waals surface area (Å²) in [5, 5.41) is 6.33. The smallest absolute Gasteiger partial charge is 0.220 e. The minimum Gasteiger partial charge on any atom is -0.352 e. The van der Waals surface area contributed by atoms with E-state index in [9.17, 15) is 4.79 Å². The maximum Gasteiger partial charge on any atom is 0.220 e. The number of hydrogen-bond donors (Lipinski definition) is 2. The van der Waals surface area contributed by atoms with E-state index in [0.29, 0.717) is 18.5 Å². The van der Waals surface area contributed by atoms with Gasteiger partial charge in [0.05, 0.1) is 0 Å². The van der Waals surface area contributed by atoms with Crippen LogP contribution >= 0.6 is 0 Å². The molecule has 3 nitrogen and oxygen atoms in total. The van der Waals surface area contributed by atoms with Gasteiger partial charge in [0.25, 0.3) is 0 Å². The minimum absolute atomic E-state index is 0.164. The van der Waals surface area contributed by atoms with Crippen LogP contribution in [0.3, 0.4) is 0 Å². The molecule has 0 aromatic carbocycles. The summed E-state index contributed by atoms with van der Waals surface area (Å²) in [4.78, 5) is 11.0. The highest BCUT2D eigenvalue weighted by molar-refractivity contribution is 5.77. The molecule has 1 amide bonds. The largest absolute Gasteiger partial charge is 0.352 e. The molecule has 0 aliphatic carbocycles. The molecule has 0 aromatic rings. The van der Waals surface area contributed by atoms with Crippen molar-refractivity contribution in [2.45, 2.75) is 44.8 Å². The van der Waals surface area contributed by atoms with Gasteiger partial charge in [-0.15, -0.1) is 6.58 Å². The first kappa shape index (κ1) is 10.3. The van der Waals surface area contributed by atoms with Crippen LogP contribution < -0.4 is 10.6 Å². The van der Waals surface area contributed by atoms with Crippen LogP contribution in [0.15, 0.2) is 12.7 Å². The minimum atomic E-state index is 0.164. The van der Waals surface area contributed by atoms with E-state index in [1.165, 1.54) is 0 Å². The molecule has 1 aliphatic rings. The van der Waals surface area contributed by atoms with Crippen LogP contribution in [-0.4, -0.2) is 24.0 Å². The van der Waals surface area contributed by atoms with E-state index in [1.807, 2.05) is 13.0 Å². The molecule has 1 rings (SSSR count). The molecule has 1 heterocycles. The molecule has 1 saturated heterocycles. The Morgan fingerprint density at radius 1 is 1.77 bits per heavy atom. The summed E-state index contributed by atoms with van der Waals surface area (Å²) in [6.07, 6.45) is 3.43. The normalized spacial score (nSPS) is 30.8. The number of carbonyl (C=O) groups is 1. The summed E-state index contributed by atoms with van der Waals surface area (Å²) in [7, 11) is 0. The van der Waals surface area contributed by atoms with Crippen LogP contribution in [0, 0.1) is 0 Å². The molecule has 3 unspecified atom stereocenters. The highest BCUT2D eigenvalue weighted by atomic mass is 16.1. The first-order valence-corrected chi connectivity index (χ1v) is 4.81. The first-order chi connectivity index (χ1) is 6.13. The third-order valence-electron chi connectivity index (χ3n) is 2.51. The zero-order valence-corrected chi connectivity index (χ0v) is 8.34. The Bertz CT molecular complexity index is 203. The predicted octanol–water partition coefficient (Wildman–Crippen LogP) is 0.818. The highest BCUT2D eigenvalue weighted by Crippen LogP contribution is 2.09. The standard InChI is InChI=1S/C10H18N2O/c1-4-7(2)11-9-5-6-10(13)12-8(9)3/h4,7-9,11H,1,5-6H2,2-3H3,(H,12,13). The van der Waals surface area contributed by atoms with Gasteiger partial charge in [-0.3, -0.25) is 4.79 Å². The molecule has 13 heavy (non-hydrogen) atoms. The Hall–Kier alpha value is -0.830. The van der Waals surface area contributed by atoms with E-state index in [0.717, 1.165) is 6.42 Å². The Morgan fingerprint density at radius 3 is 3.00 bits per heavy atom. The second-order valence-electron chi connectivity index (χ2n) is 3.69. The molecule has 74 valence electrons. The molecule has 0 bridgehead atoms. The molecule has 3 atom stereocenters. The summed E-state index contributed by atoms with van der Waals surface area (Å²) < 4.78 is 0. The van der Waals surface area contributed by atoms with Crippen LogP contribution in [0.2, 0.25) is 0 Å². The second-order valence-corrected chi connectivity index (χ2v) is 3.69. The Labute approximate surface area is 79.6 Å². The monoisotopic (exact) mass is 182 g/mol. The van der Waals surface area contributed by atoms with Crippen molar-refractivity contribution in [1.82, 2.24) is 10.6 Å². The van der Waals surface area contributed by atoms with Gasteiger partial charge in [0, 0.05) is 24.5 Å². The van der Waals surface area contributed by atoms with Gasteiger partial charge in [0.15, 0.2) is 0 Å². The summed E-state index contributed by atoms with van der Waals surface area (Å²) in [5.41, 5.74) is 0. The van der Waals surface area contributed by atoms with Gasteiger partial charge in [-0.05, 0) is 20.3 Å². The Kier molecular flexibility index (Phi) is 3.48. The van der Waals surface area contributed by atoms with Crippen molar-refractivity contribution in [3.05, 3.63) is 12.7 Å². The van der Waals surface area contributed by atoms with Crippen molar-refractivity contribution in [3.63, 3.8) is 0 Å². The number of carbonyl (C=O) groups excluding carboxylic acids is 1. The van der Waals surface area contributed by atoms with Crippen molar-refractivity contribution in [2.75, 3.05) is 0 Å². The maximum absolute atomic E-state index is 11.0. The molecule has 1 aliphatic heterocycles. The van der Waals surface area contributed by atoms with Gasteiger partial charge in [-0.2, -0.15) is 0 Å². The fourth-order valence-electron chi connectivity index (χ4n) is 1.60. The summed E-state index contributed by atoms with van der Waals surface area (Å²) in [6, 6.07) is 0.914. The molecule has 2 N–H and O–H groups in total. The molecule has 0 aromatic heterocycles. The van der Waals surface area contributed by atoms with Crippen LogP contribution in [0.4, 0.5) is 0 Å². The Balaban J connectivity index is 2.42. The fourth-order valence-corrected chi connectivity index (χ4v) is 1.60. The van der Waals surface area contributed by atoms with Gasteiger partial charge < -0.3 is 10.6 Å². The molecule has 0 saturated carbocycles. The third kappa shape index (κ3) is 2.84. The molecule has 0 radical (unpaired) electrons. The summed E-state index contributed by atoms with van der Waals surface area (Å²) in [6.45, 7) is 7.81. The van der Waals surface area contributed by atoms with Gasteiger partial charge in [0.2, 0.25) is 5.91 Å². The summed E-state index contributed by atoms with van der Waals surface area (Å²) >= 11 is 0. The lowest BCUT2D eigenvalue weighted by Crippen LogP contribution is -2.54. The van der Waals surface area contributed by atoms with E-state index >= 15 is 0 Å². The maximum atomic E-state index is 11.0. The highest BCUT2D eigenvalue weighted by Gasteiger charge is 2.25. The predicted molar refractivity (Wildman–Crippen MR) is 53.4 cm³/mol. The first-order valence-electron chi connectivity index (χ1n) is 4.81. The molecular formula is C10H18N2O. The van der Waals surface area contributed by atoms with Gasteiger partial charge in [0.1, 0.15) is 0 Å². The van der Waals surface area contributed by atoms with E-state index in [4.69, 9.17) is 0 Å². The van der Waals surface area contributed by atoms with Crippen LogP contribution in [0.25, 0.3) is 0 Å². The zero-order valence-electron chi connectivity index (χ0n) is 8.34. The summed E-state index contributed by atoms with van der Waals surface area (Å²) in [5.74, 6) is 0.164. The van der Waals surface area contributed by atoms with Crippen LogP contribution in [-0.2, 0) is 4.79 Å².